The van der Waals surface area contributed by atoms with E-state index >= 15 is 0 Å². The molecule has 5 heteroatoms. The molecular weight excluding hydrogens is 384 g/mol. The topological polar surface area (TPSA) is 60.4 Å². The van der Waals surface area contributed by atoms with Gasteiger partial charge in [0, 0.05) is 10.8 Å². The molecule has 0 aliphatic heterocycles. The second-order valence-electron chi connectivity index (χ2n) is 8.77. The van der Waals surface area contributed by atoms with Crippen molar-refractivity contribution in [3.63, 3.8) is 0 Å². The lowest BCUT2D eigenvalue weighted by atomic mass is 9.63. The molecule has 0 aromatic heterocycles. The highest BCUT2D eigenvalue weighted by Gasteiger charge is 2.37. The summed E-state index contributed by atoms with van der Waals surface area (Å²) in [5, 5.41) is 2.42. The smallest absolute Gasteiger partial charge is 0.337 e. The van der Waals surface area contributed by atoms with Crippen molar-refractivity contribution in [3.05, 3.63) is 64.7 Å². The van der Waals surface area contributed by atoms with Crippen molar-refractivity contribution in [2.45, 2.75) is 56.3 Å². The molecule has 4 nitrogen and oxygen atoms in total. The molecule has 0 spiro atoms. The molecule has 2 aromatic carbocycles. The van der Waals surface area contributed by atoms with E-state index in [1.54, 1.807) is 36.4 Å². The summed E-state index contributed by atoms with van der Waals surface area (Å²) in [5.41, 5.74) is 3.15. The minimum absolute atomic E-state index is 0.0280. The Morgan fingerprint density at radius 3 is 2.10 bits per heavy atom. The molecule has 0 unspecified atom stereocenters. The lowest BCUT2D eigenvalue weighted by Gasteiger charge is -2.41. The molecule has 0 saturated heterocycles. The number of rotatable bonds is 2. The van der Waals surface area contributed by atoms with E-state index in [-0.39, 0.29) is 15.7 Å². The average Bonchev–Trinajstić information content (AvgIpc) is 2.69. The van der Waals surface area contributed by atoms with Crippen LogP contribution >= 0.6 is 0 Å². The van der Waals surface area contributed by atoms with E-state index < -0.39 is 15.8 Å². The van der Waals surface area contributed by atoms with E-state index in [1.165, 1.54) is 12.7 Å². The van der Waals surface area contributed by atoms with Crippen LogP contribution in [-0.4, -0.2) is 21.5 Å². The number of fused-ring (bicyclic) bond motifs is 1. The first kappa shape index (κ1) is 21.1. The van der Waals surface area contributed by atoms with Crippen molar-refractivity contribution in [1.82, 2.24) is 0 Å². The molecule has 0 atom stereocenters. The van der Waals surface area contributed by atoms with Gasteiger partial charge in [0.25, 0.3) is 0 Å². The van der Waals surface area contributed by atoms with E-state index in [2.05, 4.69) is 43.6 Å². The van der Waals surface area contributed by atoms with E-state index in [1.807, 2.05) is 6.07 Å². The van der Waals surface area contributed by atoms with Gasteiger partial charge in [0.2, 0.25) is 9.84 Å². The first-order valence-corrected chi connectivity index (χ1v) is 11.1. The van der Waals surface area contributed by atoms with Crippen LogP contribution in [0.5, 0.6) is 0 Å². The van der Waals surface area contributed by atoms with Gasteiger partial charge in [0.05, 0.1) is 17.6 Å². The van der Waals surface area contributed by atoms with Gasteiger partial charge in [0.1, 0.15) is 0 Å². The quantitative estimate of drug-likeness (QED) is 0.536. The molecule has 1 aliphatic rings. The summed E-state index contributed by atoms with van der Waals surface area (Å²) in [6.45, 7) is 8.72. The maximum atomic E-state index is 12.8. The van der Waals surface area contributed by atoms with E-state index in [0.717, 1.165) is 18.4 Å². The van der Waals surface area contributed by atoms with Crippen molar-refractivity contribution < 1.29 is 17.9 Å². The van der Waals surface area contributed by atoms with Crippen LogP contribution in [0.1, 0.15) is 67.6 Å². The zero-order valence-electron chi connectivity index (χ0n) is 17.5. The Labute approximate surface area is 173 Å². The van der Waals surface area contributed by atoms with Gasteiger partial charge in [-0.25, -0.2) is 13.2 Å². The summed E-state index contributed by atoms with van der Waals surface area (Å²) in [6.07, 6.45) is 2.08. The predicted molar refractivity (Wildman–Crippen MR) is 114 cm³/mol. The zero-order valence-corrected chi connectivity index (χ0v) is 18.3. The van der Waals surface area contributed by atoms with Crippen molar-refractivity contribution in [2.24, 2.45) is 0 Å². The summed E-state index contributed by atoms with van der Waals surface area (Å²) in [4.78, 5) is 11.7. The monoisotopic (exact) mass is 410 g/mol. The zero-order chi connectivity index (χ0) is 21.4. The Morgan fingerprint density at radius 2 is 1.52 bits per heavy atom. The molecule has 0 heterocycles. The van der Waals surface area contributed by atoms with Crippen LogP contribution in [-0.2, 0) is 25.4 Å². The standard InChI is InChI=1S/C24H26O4S/c1-23(2)13-14-24(3,4)21-16-19(10-11-20(21)23)29(26,27)15-12-17-6-8-18(9-7-17)22(25)28-5/h6-11,16H,13-14H2,1-5H3. The molecule has 0 N–H and O–H groups in total. The third-order valence-electron chi connectivity index (χ3n) is 5.77. The van der Waals surface area contributed by atoms with Crippen LogP contribution in [0.3, 0.4) is 0 Å². The van der Waals surface area contributed by atoms with Gasteiger partial charge in [-0.3, -0.25) is 0 Å². The van der Waals surface area contributed by atoms with E-state index in [9.17, 15) is 13.2 Å². The highest BCUT2D eigenvalue weighted by Crippen LogP contribution is 2.46. The number of hydrogen-bond acceptors (Lipinski definition) is 4. The second-order valence-corrected chi connectivity index (χ2v) is 10.5. The number of carbonyl (C=O) groups excluding carboxylic acids is 1. The number of sulfone groups is 1. The number of esters is 1. The molecule has 0 radical (unpaired) electrons. The largest absolute Gasteiger partial charge is 0.465 e. The molecule has 0 saturated carbocycles. The SMILES string of the molecule is COC(=O)c1ccc(C#CS(=O)(=O)c2ccc3c(c2)C(C)(C)CCC3(C)C)cc1. The lowest BCUT2D eigenvalue weighted by molar-refractivity contribution is 0.0600. The first-order valence-electron chi connectivity index (χ1n) is 9.57. The molecule has 0 fully saturated rings. The van der Waals surface area contributed by atoms with Crippen molar-refractivity contribution in [1.29, 1.82) is 0 Å². The maximum Gasteiger partial charge on any atom is 0.337 e. The molecule has 0 bridgehead atoms. The van der Waals surface area contributed by atoms with Crippen LogP contribution < -0.4 is 0 Å². The number of benzene rings is 2. The van der Waals surface area contributed by atoms with Crippen LogP contribution in [0.25, 0.3) is 0 Å². The second kappa shape index (κ2) is 7.35. The Bertz CT molecular complexity index is 1110. The Balaban J connectivity index is 1.96. The maximum absolute atomic E-state index is 12.8. The summed E-state index contributed by atoms with van der Waals surface area (Å²) < 4.78 is 30.3. The van der Waals surface area contributed by atoms with Gasteiger partial charge in [-0.15, -0.1) is 0 Å². The van der Waals surface area contributed by atoms with Crippen molar-refractivity contribution in [2.75, 3.05) is 7.11 Å². The molecule has 1 aliphatic carbocycles. The van der Waals surface area contributed by atoms with Crippen LogP contribution in [0.4, 0.5) is 0 Å². The number of methoxy groups -OCH3 is 1. The molecule has 0 amide bonds. The molecule has 152 valence electrons. The molecule has 29 heavy (non-hydrogen) atoms. The van der Waals surface area contributed by atoms with Gasteiger partial charge in [-0.2, -0.15) is 0 Å². The summed E-state index contributed by atoms with van der Waals surface area (Å²) in [5.74, 6) is 2.25. The number of hydrogen-bond donors (Lipinski definition) is 0. The van der Waals surface area contributed by atoms with Gasteiger partial charge in [-0.1, -0.05) is 33.8 Å². The molecule has 2 aromatic rings. The van der Waals surface area contributed by atoms with Crippen LogP contribution in [0, 0.1) is 11.2 Å². The van der Waals surface area contributed by atoms with Gasteiger partial charge >= 0.3 is 5.97 Å². The fraction of sp³-hybridized carbons (Fsp3) is 0.375. The summed E-state index contributed by atoms with van der Waals surface area (Å²) in [6, 6.07) is 11.7. The minimum Gasteiger partial charge on any atom is -0.465 e. The van der Waals surface area contributed by atoms with Gasteiger partial charge in [-0.05, 0) is 77.1 Å². The first-order chi connectivity index (χ1) is 13.5. The average molecular weight is 411 g/mol. The number of ether oxygens (including phenoxy) is 1. The van der Waals surface area contributed by atoms with Gasteiger partial charge < -0.3 is 4.74 Å². The third kappa shape index (κ3) is 4.23. The van der Waals surface area contributed by atoms with Crippen molar-refractivity contribution >= 4 is 15.8 Å². The Morgan fingerprint density at radius 1 is 0.931 bits per heavy atom. The van der Waals surface area contributed by atoms with Crippen molar-refractivity contribution in [3.8, 4) is 11.2 Å². The molecule has 3 rings (SSSR count). The van der Waals surface area contributed by atoms with Crippen LogP contribution in [0.2, 0.25) is 0 Å². The summed E-state index contributed by atoms with van der Waals surface area (Å²) >= 11 is 0. The highest BCUT2D eigenvalue weighted by molar-refractivity contribution is 7.96. The Hall–Kier alpha value is -2.58. The Kier molecular flexibility index (Phi) is 5.36. The lowest BCUT2D eigenvalue weighted by Crippen LogP contribution is -2.34. The van der Waals surface area contributed by atoms with E-state index in [4.69, 9.17) is 0 Å². The van der Waals surface area contributed by atoms with Crippen LogP contribution in [0.15, 0.2) is 47.4 Å². The van der Waals surface area contributed by atoms with E-state index in [0.29, 0.717) is 11.1 Å². The third-order valence-corrected chi connectivity index (χ3v) is 7.02. The fourth-order valence-corrected chi connectivity index (χ4v) is 4.62. The highest BCUT2D eigenvalue weighted by atomic mass is 32.2. The predicted octanol–water partition coefficient (Wildman–Crippen LogP) is 4.61. The number of carbonyl (C=O) groups is 1. The van der Waals surface area contributed by atoms with Gasteiger partial charge in [0.15, 0.2) is 0 Å². The summed E-state index contributed by atoms with van der Waals surface area (Å²) in [7, 11) is -2.45. The minimum atomic E-state index is -3.76. The normalized spacial score (nSPS) is 16.9. The molecular formula is C24H26O4S. The fourth-order valence-electron chi connectivity index (χ4n) is 3.73.